The summed E-state index contributed by atoms with van der Waals surface area (Å²) in [6, 6.07) is 0. The topological polar surface area (TPSA) is 18.5 Å². The van der Waals surface area contributed by atoms with Crippen LogP contribution in [0.15, 0.2) is 0 Å². The van der Waals surface area contributed by atoms with Gasteiger partial charge in [0.15, 0.2) is 0 Å². The fourth-order valence-electron chi connectivity index (χ4n) is 3.55. The summed E-state index contributed by atoms with van der Waals surface area (Å²) in [6.07, 6.45) is 9.41. The molecule has 0 aromatic carbocycles. The van der Waals surface area contributed by atoms with E-state index in [1.165, 1.54) is 44.9 Å². The Hall–Kier alpha value is -0.0151. The van der Waals surface area contributed by atoms with E-state index in [-0.39, 0.29) is 18.3 Å². The van der Waals surface area contributed by atoms with E-state index >= 15 is 0 Å². The van der Waals surface area contributed by atoms with Gasteiger partial charge in [0.2, 0.25) is 0 Å². The van der Waals surface area contributed by atoms with Gasteiger partial charge in [0.1, 0.15) is 0 Å². The molecule has 2 nitrogen and oxygen atoms in total. The summed E-state index contributed by atoms with van der Waals surface area (Å²) in [5.74, 6) is 1.40. The van der Waals surface area contributed by atoms with Crippen LogP contribution in [0.5, 0.6) is 0 Å². The third kappa shape index (κ3) is 3.18. The van der Waals surface area contributed by atoms with Gasteiger partial charge in [-0.15, -0.1) is 0 Å². The summed E-state index contributed by atoms with van der Waals surface area (Å²) in [5.41, 5.74) is -0.364. The van der Waals surface area contributed by atoms with Crippen LogP contribution in [0.1, 0.15) is 79.6 Å². The highest BCUT2D eigenvalue weighted by atomic mass is 16.7. The van der Waals surface area contributed by atoms with E-state index in [0.717, 1.165) is 5.92 Å². The molecule has 0 radical (unpaired) electrons. The lowest BCUT2D eigenvalue weighted by Crippen LogP contribution is -2.41. The van der Waals surface area contributed by atoms with Gasteiger partial charge in [0.25, 0.3) is 0 Å². The molecule has 2 rings (SSSR count). The molecule has 1 unspecified atom stereocenters. The maximum absolute atomic E-state index is 6.31. The Morgan fingerprint density at radius 1 is 1.00 bits per heavy atom. The average Bonchev–Trinajstić information content (AvgIpc) is 2.56. The highest BCUT2D eigenvalue weighted by Gasteiger charge is 2.54. The van der Waals surface area contributed by atoms with Gasteiger partial charge in [0.05, 0.1) is 11.2 Å². The van der Waals surface area contributed by atoms with E-state index in [9.17, 15) is 0 Å². The zero-order valence-corrected chi connectivity index (χ0v) is 13.5. The van der Waals surface area contributed by atoms with Crippen molar-refractivity contribution >= 4 is 7.12 Å². The summed E-state index contributed by atoms with van der Waals surface area (Å²) < 4.78 is 12.6. The molecule has 0 aromatic heterocycles. The SMILES string of the molecule is CCCC(B1OC(C)(C)C(C)(C)O1)C1CCCCC1. The minimum absolute atomic E-state index is 0.00745. The number of rotatable bonds is 4. The molecule has 3 heteroatoms. The molecule has 1 atom stereocenters. The smallest absolute Gasteiger partial charge is 0.403 e. The van der Waals surface area contributed by atoms with Crippen LogP contribution in [0.3, 0.4) is 0 Å². The van der Waals surface area contributed by atoms with Crippen molar-refractivity contribution in [1.29, 1.82) is 0 Å². The Bertz CT molecular complexity index is 279. The fourth-order valence-corrected chi connectivity index (χ4v) is 3.55. The third-order valence-electron chi connectivity index (χ3n) is 5.50. The van der Waals surface area contributed by atoms with E-state index in [4.69, 9.17) is 9.31 Å². The molecular formula is C16H31BO2. The first-order chi connectivity index (χ1) is 8.87. The second-order valence-electron chi connectivity index (χ2n) is 7.48. The van der Waals surface area contributed by atoms with Gasteiger partial charge in [-0.05, 0) is 39.4 Å². The molecule has 1 saturated heterocycles. The van der Waals surface area contributed by atoms with Crippen molar-refractivity contribution in [2.75, 3.05) is 0 Å². The van der Waals surface area contributed by atoms with E-state index in [1.807, 2.05) is 0 Å². The predicted octanol–water partition coefficient (Wildman–Crippen LogP) is 4.83. The normalized spacial score (nSPS) is 28.6. The minimum Gasteiger partial charge on any atom is -0.403 e. The second kappa shape index (κ2) is 5.77. The molecule has 2 aliphatic rings. The van der Waals surface area contributed by atoms with Crippen LogP contribution in [0.2, 0.25) is 5.82 Å². The molecule has 0 aromatic rings. The predicted molar refractivity (Wildman–Crippen MR) is 81.3 cm³/mol. The van der Waals surface area contributed by atoms with E-state index in [2.05, 4.69) is 34.6 Å². The van der Waals surface area contributed by atoms with Gasteiger partial charge in [0, 0.05) is 0 Å². The van der Waals surface area contributed by atoms with Gasteiger partial charge in [-0.3, -0.25) is 0 Å². The van der Waals surface area contributed by atoms with E-state index in [1.54, 1.807) is 0 Å². The molecule has 1 aliphatic carbocycles. The van der Waals surface area contributed by atoms with Crippen LogP contribution in [-0.4, -0.2) is 18.3 Å². The second-order valence-corrected chi connectivity index (χ2v) is 7.48. The minimum atomic E-state index is -0.182. The van der Waals surface area contributed by atoms with Crippen molar-refractivity contribution in [3.63, 3.8) is 0 Å². The molecular weight excluding hydrogens is 235 g/mol. The zero-order chi connectivity index (χ0) is 14.1. The average molecular weight is 266 g/mol. The van der Waals surface area contributed by atoms with Crippen molar-refractivity contribution in [1.82, 2.24) is 0 Å². The lowest BCUT2D eigenvalue weighted by atomic mass is 9.59. The van der Waals surface area contributed by atoms with Crippen molar-refractivity contribution in [3.8, 4) is 0 Å². The zero-order valence-electron chi connectivity index (χ0n) is 13.5. The molecule has 0 N–H and O–H groups in total. The summed E-state index contributed by atoms with van der Waals surface area (Å²) in [7, 11) is 0.00745. The quantitative estimate of drug-likeness (QED) is 0.678. The third-order valence-corrected chi connectivity index (χ3v) is 5.50. The van der Waals surface area contributed by atoms with Gasteiger partial charge >= 0.3 is 7.12 Å². The maximum Gasteiger partial charge on any atom is 0.461 e. The van der Waals surface area contributed by atoms with Gasteiger partial charge < -0.3 is 9.31 Å². The van der Waals surface area contributed by atoms with Crippen LogP contribution >= 0.6 is 0 Å². The molecule has 110 valence electrons. The van der Waals surface area contributed by atoms with Crippen molar-refractivity contribution in [2.24, 2.45) is 5.92 Å². The molecule has 19 heavy (non-hydrogen) atoms. The largest absolute Gasteiger partial charge is 0.461 e. The Morgan fingerprint density at radius 3 is 2.00 bits per heavy atom. The maximum atomic E-state index is 6.31. The van der Waals surface area contributed by atoms with Crippen molar-refractivity contribution in [2.45, 2.75) is 96.6 Å². The number of hydrogen-bond donors (Lipinski definition) is 0. The summed E-state index contributed by atoms with van der Waals surface area (Å²) in [5, 5.41) is 0. The van der Waals surface area contributed by atoms with E-state index in [0.29, 0.717) is 5.82 Å². The Kier molecular flexibility index (Phi) is 4.67. The molecule has 0 bridgehead atoms. The van der Waals surface area contributed by atoms with Crippen LogP contribution in [0, 0.1) is 5.92 Å². The standard InChI is InChI=1S/C16H31BO2/c1-6-10-14(13-11-8-7-9-12-13)17-18-15(2,3)16(4,5)19-17/h13-14H,6-12H2,1-5H3. The van der Waals surface area contributed by atoms with Crippen LogP contribution in [-0.2, 0) is 9.31 Å². The van der Waals surface area contributed by atoms with Gasteiger partial charge in [-0.25, -0.2) is 0 Å². The van der Waals surface area contributed by atoms with Gasteiger partial charge in [-0.2, -0.15) is 0 Å². The molecule has 0 spiro atoms. The van der Waals surface area contributed by atoms with Crippen molar-refractivity contribution < 1.29 is 9.31 Å². The van der Waals surface area contributed by atoms with Crippen molar-refractivity contribution in [3.05, 3.63) is 0 Å². The lowest BCUT2D eigenvalue weighted by molar-refractivity contribution is 0.00578. The fraction of sp³-hybridized carbons (Fsp3) is 1.00. The summed E-state index contributed by atoms with van der Waals surface area (Å²) >= 11 is 0. The molecule has 1 saturated carbocycles. The highest BCUT2D eigenvalue weighted by Crippen LogP contribution is 2.46. The van der Waals surface area contributed by atoms with E-state index < -0.39 is 0 Å². The Labute approximate surface area is 119 Å². The monoisotopic (exact) mass is 266 g/mol. The first-order valence-corrected chi connectivity index (χ1v) is 8.23. The highest BCUT2D eigenvalue weighted by molar-refractivity contribution is 6.47. The van der Waals surface area contributed by atoms with Crippen LogP contribution < -0.4 is 0 Å². The molecule has 1 heterocycles. The summed E-state index contributed by atoms with van der Waals surface area (Å²) in [6.45, 7) is 10.9. The first-order valence-electron chi connectivity index (χ1n) is 8.23. The van der Waals surface area contributed by atoms with Crippen LogP contribution in [0.25, 0.3) is 0 Å². The number of hydrogen-bond acceptors (Lipinski definition) is 2. The summed E-state index contributed by atoms with van der Waals surface area (Å²) in [4.78, 5) is 0. The Balaban J connectivity index is 2.07. The first kappa shape index (κ1) is 15.4. The van der Waals surface area contributed by atoms with Crippen LogP contribution in [0.4, 0.5) is 0 Å². The Morgan fingerprint density at radius 2 is 1.53 bits per heavy atom. The lowest BCUT2D eigenvalue weighted by Gasteiger charge is -2.32. The van der Waals surface area contributed by atoms with Gasteiger partial charge in [-0.1, -0.05) is 51.9 Å². The molecule has 2 fully saturated rings. The molecule has 0 amide bonds. The molecule has 1 aliphatic heterocycles.